The van der Waals surface area contributed by atoms with Gasteiger partial charge in [-0.25, -0.2) is 0 Å². The molecule has 2 rings (SSSR count). The van der Waals surface area contributed by atoms with E-state index in [0.717, 1.165) is 5.39 Å². The fraction of sp³-hybridized carbons (Fsp3) is 0.167. The number of H-pyrrole nitrogens is 1. The maximum Gasteiger partial charge on any atom is 0.325 e. The molecule has 0 bridgehead atoms. The molecule has 1 atom stereocenters. The molecule has 0 unspecified atom stereocenters. The number of fused-ring (bicyclic) bond motifs is 1. The highest BCUT2D eigenvalue weighted by Crippen LogP contribution is 2.16. The predicted octanol–water partition coefficient (Wildman–Crippen LogP) is 1.37. The molecule has 0 saturated heterocycles. The van der Waals surface area contributed by atoms with Crippen molar-refractivity contribution in [3.05, 3.63) is 36.0 Å². The van der Waals surface area contributed by atoms with Gasteiger partial charge in [0.05, 0.1) is 11.1 Å². The first-order chi connectivity index (χ1) is 8.09. The van der Waals surface area contributed by atoms with E-state index in [-0.39, 0.29) is 0 Å². The number of aliphatic carboxylic acids is 1. The molecule has 2 aromatic rings. The number of hydrogen-bond donors (Lipinski definition) is 3. The molecule has 17 heavy (non-hydrogen) atoms. The molecule has 0 saturated carbocycles. The van der Waals surface area contributed by atoms with Crippen LogP contribution < -0.4 is 5.32 Å². The molecule has 1 amide bonds. The van der Waals surface area contributed by atoms with Crippen LogP contribution in [0.15, 0.2) is 30.5 Å². The normalized spacial score (nSPS) is 12.3. The molecule has 3 N–H and O–H groups in total. The van der Waals surface area contributed by atoms with Crippen LogP contribution >= 0.6 is 0 Å². The van der Waals surface area contributed by atoms with E-state index in [1.165, 1.54) is 6.92 Å². The molecule has 1 aromatic carbocycles. The molecule has 0 aliphatic heterocycles. The fourth-order valence-corrected chi connectivity index (χ4v) is 1.61. The van der Waals surface area contributed by atoms with Crippen LogP contribution in [0.2, 0.25) is 0 Å². The number of carbonyl (C=O) groups is 2. The van der Waals surface area contributed by atoms with Crippen LogP contribution in [0.1, 0.15) is 17.3 Å². The molecule has 0 spiro atoms. The number of aromatic nitrogens is 1. The zero-order valence-corrected chi connectivity index (χ0v) is 9.23. The van der Waals surface area contributed by atoms with E-state index >= 15 is 0 Å². The highest BCUT2D eigenvalue weighted by molar-refractivity contribution is 6.06. The van der Waals surface area contributed by atoms with Crippen LogP contribution in [0.3, 0.4) is 0 Å². The summed E-state index contributed by atoms with van der Waals surface area (Å²) in [6.45, 7) is 1.43. The topological polar surface area (TPSA) is 82.2 Å². The average Bonchev–Trinajstić information content (AvgIpc) is 2.76. The van der Waals surface area contributed by atoms with Gasteiger partial charge in [-0.15, -0.1) is 0 Å². The van der Waals surface area contributed by atoms with Crippen molar-refractivity contribution in [1.29, 1.82) is 0 Å². The van der Waals surface area contributed by atoms with Gasteiger partial charge in [0.25, 0.3) is 5.91 Å². The van der Waals surface area contributed by atoms with E-state index in [1.54, 1.807) is 18.3 Å². The number of benzene rings is 1. The summed E-state index contributed by atoms with van der Waals surface area (Å²) >= 11 is 0. The van der Waals surface area contributed by atoms with Crippen LogP contribution in [-0.4, -0.2) is 28.0 Å². The summed E-state index contributed by atoms with van der Waals surface area (Å²) in [4.78, 5) is 25.5. The lowest BCUT2D eigenvalue weighted by Gasteiger charge is -2.09. The van der Waals surface area contributed by atoms with Gasteiger partial charge in [0.1, 0.15) is 6.04 Å². The van der Waals surface area contributed by atoms with Gasteiger partial charge in [-0.1, -0.05) is 12.1 Å². The minimum absolute atomic E-state index is 0.395. The van der Waals surface area contributed by atoms with Crippen molar-refractivity contribution in [3.63, 3.8) is 0 Å². The minimum atomic E-state index is -1.06. The average molecular weight is 232 g/mol. The molecule has 0 fully saturated rings. The summed E-state index contributed by atoms with van der Waals surface area (Å²) in [5, 5.41) is 12.1. The van der Waals surface area contributed by atoms with Crippen LogP contribution in [0.4, 0.5) is 0 Å². The Morgan fingerprint density at radius 2 is 2.12 bits per heavy atom. The van der Waals surface area contributed by atoms with Crippen molar-refractivity contribution in [2.75, 3.05) is 0 Å². The fourth-order valence-electron chi connectivity index (χ4n) is 1.61. The quantitative estimate of drug-likeness (QED) is 0.747. The molecular formula is C12H12N2O3. The first kappa shape index (κ1) is 11.2. The number of amides is 1. The van der Waals surface area contributed by atoms with Gasteiger partial charge in [0, 0.05) is 11.6 Å². The summed E-state index contributed by atoms with van der Waals surface area (Å²) < 4.78 is 0. The van der Waals surface area contributed by atoms with Crippen molar-refractivity contribution in [1.82, 2.24) is 10.3 Å². The first-order valence-electron chi connectivity index (χ1n) is 5.19. The lowest BCUT2D eigenvalue weighted by Crippen LogP contribution is -2.38. The lowest BCUT2D eigenvalue weighted by molar-refractivity contribution is -0.138. The first-order valence-corrected chi connectivity index (χ1v) is 5.19. The molecule has 0 aliphatic carbocycles. The number of carboxylic acid groups (broad SMARTS) is 1. The van der Waals surface area contributed by atoms with Gasteiger partial charge in [0.15, 0.2) is 0 Å². The lowest BCUT2D eigenvalue weighted by atomic mass is 10.1. The highest BCUT2D eigenvalue weighted by Gasteiger charge is 2.17. The van der Waals surface area contributed by atoms with E-state index in [9.17, 15) is 9.59 Å². The van der Waals surface area contributed by atoms with Crippen molar-refractivity contribution in [3.8, 4) is 0 Å². The van der Waals surface area contributed by atoms with Gasteiger partial charge in [-0.3, -0.25) is 9.59 Å². The Labute approximate surface area is 97.4 Å². The molecule has 5 nitrogen and oxygen atoms in total. The van der Waals surface area contributed by atoms with Crippen molar-refractivity contribution in [2.45, 2.75) is 13.0 Å². The minimum Gasteiger partial charge on any atom is -0.480 e. The monoisotopic (exact) mass is 232 g/mol. The SMILES string of the molecule is C[C@@H](NC(=O)c1cccc2cc[nH]c12)C(=O)O. The summed E-state index contributed by atoms with van der Waals surface area (Å²) in [7, 11) is 0. The number of carboxylic acids is 1. The molecule has 88 valence electrons. The summed E-state index contributed by atoms with van der Waals surface area (Å²) in [6.07, 6.45) is 1.74. The van der Waals surface area contributed by atoms with Crippen LogP contribution in [-0.2, 0) is 4.79 Å². The van der Waals surface area contributed by atoms with E-state index in [1.807, 2.05) is 12.1 Å². The smallest absolute Gasteiger partial charge is 0.325 e. The van der Waals surface area contributed by atoms with Gasteiger partial charge in [-0.05, 0) is 19.1 Å². The third-order valence-electron chi connectivity index (χ3n) is 2.55. The number of nitrogens with one attached hydrogen (secondary N) is 2. The van der Waals surface area contributed by atoms with E-state index < -0.39 is 17.9 Å². The highest BCUT2D eigenvalue weighted by atomic mass is 16.4. The molecule has 1 aromatic heterocycles. The predicted molar refractivity (Wildman–Crippen MR) is 62.9 cm³/mol. The van der Waals surface area contributed by atoms with Crippen LogP contribution in [0.5, 0.6) is 0 Å². The third kappa shape index (κ3) is 2.13. The van der Waals surface area contributed by atoms with E-state index in [4.69, 9.17) is 5.11 Å². The van der Waals surface area contributed by atoms with Gasteiger partial charge in [-0.2, -0.15) is 0 Å². The second-order valence-electron chi connectivity index (χ2n) is 3.78. The zero-order valence-electron chi connectivity index (χ0n) is 9.23. The van der Waals surface area contributed by atoms with Gasteiger partial charge < -0.3 is 15.4 Å². The standard InChI is InChI=1S/C12H12N2O3/c1-7(12(16)17)14-11(15)9-4-2-3-8-5-6-13-10(8)9/h2-7,13H,1H3,(H,14,15)(H,16,17)/t7-/m1/s1. The van der Waals surface area contributed by atoms with Gasteiger partial charge in [0.2, 0.25) is 0 Å². The second-order valence-corrected chi connectivity index (χ2v) is 3.78. The van der Waals surface area contributed by atoms with Crippen molar-refractivity contribution < 1.29 is 14.7 Å². The molecule has 5 heteroatoms. The summed E-state index contributed by atoms with van der Waals surface area (Å²) in [6, 6.07) is 6.24. The molecule has 0 radical (unpaired) electrons. The maximum absolute atomic E-state index is 11.9. The number of aromatic amines is 1. The Morgan fingerprint density at radius 1 is 1.35 bits per heavy atom. The summed E-state index contributed by atoms with van der Waals surface area (Å²) in [5.74, 6) is -1.45. The Balaban J connectivity index is 2.30. The number of para-hydroxylation sites is 1. The Morgan fingerprint density at radius 3 is 2.82 bits per heavy atom. The second kappa shape index (κ2) is 4.29. The van der Waals surface area contributed by atoms with Gasteiger partial charge >= 0.3 is 5.97 Å². The Kier molecular flexibility index (Phi) is 2.82. The molecular weight excluding hydrogens is 220 g/mol. The van der Waals surface area contributed by atoms with Crippen LogP contribution in [0.25, 0.3) is 10.9 Å². The number of rotatable bonds is 3. The Hall–Kier alpha value is -2.30. The van der Waals surface area contributed by atoms with Crippen LogP contribution in [0, 0.1) is 0 Å². The summed E-state index contributed by atoms with van der Waals surface area (Å²) in [5.41, 5.74) is 1.16. The molecule has 1 heterocycles. The third-order valence-corrected chi connectivity index (χ3v) is 2.55. The maximum atomic E-state index is 11.9. The number of hydrogen-bond acceptors (Lipinski definition) is 2. The Bertz CT molecular complexity index is 574. The number of carbonyl (C=O) groups excluding carboxylic acids is 1. The zero-order chi connectivity index (χ0) is 12.4. The van der Waals surface area contributed by atoms with E-state index in [2.05, 4.69) is 10.3 Å². The molecule has 0 aliphatic rings. The van der Waals surface area contributed by atoms with Crippen molar-refractivity contribution >= 4 is 22.8 Å². The van der Waals surface area contributed by atoms with Crippen molar-refractivity contribution in [2.24, 2.45) is 0 Å². The largest absolute Gasteiger partial charge is 0.480 e. The van der Waals surface area contributed by atoms with E-state index in [0.29, 0.717) is 11.1 Å².